The normalized spacial score (nSPS) is 18.0. The average molecular weight is 329 g/mol. The van der Waals surface area contributed by atoms with Crippen LogP contribution in [0.2, 0.25) is 0 Å². The highest BCUT2D eigenvalue weighted by molar-refractivity contribution is 7.98. The van der Waals surface area contributed by atoms with E-state index in [2.05, 4.69) is 19.0 Å². The number of nitrogens with zero attached hydrogens (tertiary/aromatic N) is 3. The zero-order valence-corrected chi connectivity index (χ0v) is 13.7. The van der Waals surface area contributed by atoms with E-state index in [1.807, 2.05) is 26.2 Å². The molecule has 1 aromatic heterocycles. The largest absolute Gasteiger partial charge is 0.464 e. The monoisotopic (exact) mass is 329 g/mol. The molecule has 21 heavy (non-hydrogen) atoms. The Morgan fingerprint density at radius 1 is 1.38 bits per heavy atom. The van der Waals surface area contributed by atoms with Gasteiger partial charge in [-0.25, -0.2) is 4.21 Å². The highest BCUT2D eigenvalue weighted by atomic mass is 32.2. The Morgan fingerprint density at radius 2 is 2.14 bits per heavy atom. The van der Waals surface area contributed by atoms with Crippen molar-refractivity contribution in [1.82, 2.24) is 10.2 Å². The standard InChI is InChI=1S/C12H19N5O2S2/c1-17(2)7-9-3-4-10(19-9)8-20-6-5-14-12-11(13)15-21(18)16-12/h3-4H,5-8H2,1-2H3,(H2,13,15)(H,14,16). The van der Waals surface area contributed by atoms with Crippen LogP contribution < -0.4 is 11.1 Å². The smallest absolute Gasteiger partial charge is 0.269 e. The lowest BCUT2D eigenvalue weighted by Gasteiger charge is -2.06. The van der Waals surface area contributed by atoms with Crippen LogP contribution in [0, 0.1) is 0 Å². The summed E-state index contributed by atoms with van der Waals surface area (Å²) in [6.07, 6.45) is 0. The number of hydrogen-bond donors (Lipinski definition) is 2. The van der Waals surface area contributed by atoms with Gasteiger partial charge in [-0.05, 0) is 26.2 Å². The molecule has 1 atom stereocenters. The molecule has 0 saturated heterocycles. The minimum atomic E-state index is -1.56. The van der Waals surface area contributed by atoms with E-state index in [1.54, 1.807) is 11.8 Å². The van der Waals surface area contributed by atoms with Gasteiger partial charge in [0.05, 0.1) is 12.3 Å². The third kappa shape index (κ3) is 5.18. The fraction of sp³-hybridized carbons (Fsp3) is 0.500. The Bertz CT molecular complexity index is 568. The first-order valence-electron chi connectivity index (χ1n) is 6.44. The summed E-state index contributed by atoms with van der Waals surface area (Å²) in [6.45, 7) is 1.49. The van der Waals surface area contributed by atoms with Crippen molar-refractivity contribution in [2.75, 3.05) is 26.4 Å². The summed E-state index contributed by atoms with van der Waals surface area (Å²) in [5, 5.41) is 3.02. The molecule has 7 nitrogen and oxygen atoms in total. The first-order chi connectivity index (χ1) is 10.0. The van der Waals surface area contributed by atoms with Gasteiger partial charge >= 0.3 is 0 Å². The van der Waals surface area contributed by atoms with Gasteiger partial charge in [0, 0.05) is 12.3 Å². The number of thioether (sulfide) groups is 1. The van der Waals surface area contributed by atoms with Crippen molar-refractivity contribution in [3.05, 3.63) is 23.7 Å². The minimum absolute atomic E-state index is 0.206. The van der Waals surface area contributed by atoms with Crippen LogP contribution in [0.15, 0.2) is 25.3 Å². The molecule has 2 rings (SSSR count). The second-order valence-electron chi connectivity index (χ2n) is 4.73. The number of furan rings is 1. The van der Waals surface area contributed by atoms with Crippen molar-refractivity contribution in [2.45, 2.75) is 12.3 Å². The molecule has 0 spiro atoms. The maximum Gasteiger partial charge on any atom is 0.269 e. The van der Waals surface area contributed by atoms with Crippen LogP contribution in [-0.2, 0) is 23.5 Å². The summed E-state index contributed by atoms with van der Waals surface area (Å²) in [5.41, 5.74) is 5.56. The molecule has 1 aliphatic rings. The molecule has 0 bridgehead atoms. The first kappa shape index (κ1) is 16.1. The highest BCUT2D eigenvalue weighted by Crippen LogP contribution is 2.15. The molecule has 3 N–H and O–H groups in total. The number of amidine groups is 2. The van der Waals surface area contributed by atoms with Crippen LogP contribution in [0.3, 0.4) is 0 Å². The van der Waals surface area contributed by atoms with Crippen LogP contribution in [-0.4, -0.2) is 47.2 Å². The Hall–Kier alpha value is -1.32. The SMILES string of the molecule is CN(C)Cc1ccc(CSCCNC2=NS(=O)N=C2N)o1. The molecule has 0 fully saturated rings. The van der Waals surface area contributed by atoms with Gasteiger partial charge in [0.1, 0.15) is 11.5 Å². The molecule has 0 radical (unpaired) electrons. The predicted molar refractivity (Wildman–Crippen MR) is 87.5 cm³/mol. The molecule has 0 aliphatic carbocycles. The molecule has 1 aromatic rings. The molecule has 9 heteroatoms. The molecule has 0 aromatic carbocycles. The fourth-order valence-electron chi connectivity index (χ4n) is 1.71. The topological polar surface area (TPSA) is 96.2 Å². The summed E-state index contributed by atoms with van der Waals surface area (Å²) in [7, 11) is 4.02. The Kier molecular flexibility index (Phi) is 5.83. The van der Waals surface area contributed by atoms with Crippen LogP contribution in [0.25, 0.3) is 0 Å². The summed E-state index contributed by atoms with van der Waals surface area (Å²) in [6, 6.07) is 4.02. The van der Waals surface area contributed by atoms with E-state index in [0.29, 0.717) is 12.4 Å². The Balaban J connectivity index is 1.64. The molecule has 0 saturated carbocycles. The van der Waals surface area contributed by atoms with Crippen LogP contribution in [0.4, 0.5) is 0 Å². The van der Waals surface area contributed by atoms with Crippen molar-refractivity contribution in [2.24, 2.45) is 14.5 Å². The van der Waals surface area contributed by atoms with E-state index in [1.165, 1.54) is 0 Å². The van der Waals surface area contributed by atoms with Gasteiger partial charge in [0.25, 0.3) is 11.2 Å². The number of nitrogens with one attached hydrogen (secondary N) is 1. The van der Waals surface area contributed by atoms with Crippen molar-refractivity contribution in [3.63, 3.8) is 0 Å². The summed E-state index contributed by atoms with van der Waals surface area (Å²) >= 11 is 0.183. The molecule has 1 unspecified atom stereocenters. The van der Waals surface area contributed by atoms with E-state index in [-0.39, 0.29) is 5.84 Å². The summed E-state index contributed by atoms with van der Waals surface area (Å²) in [5.74, 6) is 4.25. The van der Waals surface area contributed by atoms with Gasteiger partial charge in [-0.2, -0.15) is 11.8 Å². The van der Waals surface area contributed by atoms with Crippen molar-refractivity contribution in [3.8, 4) is 0 Å². The molecule has 0 amide bonds. The van der Waals surface area contributed by atoms with Crippen LogP contribution in [0.1, 0.15) is 11.5 Å². The van der Waals surface area contributed by atoms with E-state index in [0.717, 1.165) is 29.6 Å². The van der Waals surface area contributed by atoms with Crippen molar-refractivity contribution < 1.29 is 8.63 Å². The van der Waals surface area contributed by atoms with Gasteiger partial charge in [0.15, 0.2) is 11.7 Å². The first-order valence-corrected chi connectivity index (χ1v) is 8.65. The Morgan fingerprint density at radius 3 is 2.81 bits per heavy atom. The number of rotatable bonds is 7. The van der Waals surface area contributed by atoms with Crippen LogP contribution in [0.5, 0.6) is 0 Å². The minimum Gasteiger partial charge on any atom is -0.464 e. The summed E-state index contributed by atoms with van der Waals surface area (Å²) < 4.78 is 24.1. The third-order valence-corrected chi connectivity index (χ3v) is 4.23. The van der Waals surface area contributed by atoms with E-state index in [9.17, 15) is 4.21 Å². The van der Waals surface area contributed by atoms with Crippen LogP contribution >= 0.6 is 11.8 Å². The molecular formula is C12H19N5O2S2. The van der Waals surface area contributed by atoms with Gasteiger partial charge in [-0.1, -0.05) is 0 Å². The molecule has 1 aliphatic heterocycles. The van der Waals surface area contributed by atoms with Crippen molar-refractivity contribution in [1.29, 1.82) is 0 Å². The third-order valence-electron chi connectivity index (χ3n) is 2.56. The van der Waals surface area contributed by atoms with Gasteiger partial charge in [-0.3, -0.25) is 0 Å². The fourth-order valence-corrected chi connectivity index (χ4v) is 3.06. The van der Waals surface area contributed by atoms with Gasteiger partial charge in [-0.15, -0.1) is 8.80 Å². The zero-order valence-electron chi connectivity index (χ0n) is 12.0. The quantitative estimate of drug-likeness (QED) is 0.708. The average Bonchev–Trinajstić information content (AvgIpc) is 2.95. The lowest BCUT2D eigenvalue weighted by Crippen LogP contribution is -2.35. The second kappa shape index (κ2) is 7.62. The molecular weight excluding hydrogens is 310 g/mol. The number of hydrogen-bond acceptors (Lipinski definition) is 6. The molecule has 2 heterocycles. The highest BCUT2D eigenvalue weighted by Gasteiger charge is 2.14. The van der Waals surface area contributed by atoms with Gasteiger partial charge < -0.3 is 20.4 Å². The lowest BCUT2D eigenvalue weighted by molar-refractivity contribution is 0.344. The van der Waals surface area contributed by atoms with E-state index < -0.39 is 11.2 Å². The Labute approximate surface area is 130 Å². The zero-order chi connectivity index (χ0) is 15.2. The summed E-state index contributed by atoms with van der Waals surface area (Å²) in [4.78, 5) is 2.07. The second-order valence-corrected chi connectivity index (χ2v) is 6.66. The maximum atomic E-state index is 11.0. The predicted octanol–water partition coefficient (Wildman–Crippen LogP) is 0.512. The van der Waals surface area contributed by atoms with E-state index >= 15 is 0 Å². The van der Waals surface area contributed by atoms with Gasteiger partial charge in [0.2, 0.25) is 0 Å². The molecule has 116 valence electrons. The maximum absolute atomic E-state index is 11.0. The lowest BCUT2D eigenvalue weighted by atomic mass is 10.4. The van der Waals surface area contributed by atoms with Crippen molar-refractivity contribution >= 4 is 34.6 Å². The number of nitrogens with two attached hydrogens (primary N) is 1. The van der Waals surface area contributed by atoms with E-state index in [4.69, 9.17) is 10.2 Å².